The van der Waals surface area contributed by atoms with E-state index in [1.54, 1.807) is 31.0 Å². The number of hydrogen-bond donors (Lipinski definition) is 0. The van der Waals surface area contributed by atoms with Gasteiger partial charge in [0, 0.05) is 33.0 Å². The van der Waals surface area contributed by atoms with Crippen molar-refractivity contribution in [3.05, 3.63) is 21.3 Å². The largest absolute Gasteiger partial charge is 0.466 e. The number of likely N-dealkylation sites (tertiary alicyclic amines) is 1. The zero-order chi connectivity index (χ0) is 20.7. The highest BCUT2D eigenvalue weighted by Crippen LogP contribution is 2.23. The van der Waals surface area contributed by atoms with Crippen LogP contribution < -0.4 is 0 Å². The summed E-state index contributed by atoms with van der Waals surface area (Å²) in [6.45, 7) is 3.03. The fourth-order valence-corrected chi connectivity index (χ4v) is 4.02. The van der Waals surface area contributed by atoms with E-state index in [0.29, 0.717) is 41.8 Å². The molecule has 0 N–H and O–H groups in total. The minimum atomic E-state index is -0.259. The molecule has 7 nitrogen and oxygen atoms in total. The second-order valence-electron chi connectivity index (χ2n) is 6.68. The van der Waals surface area contributed by atoms with E-state index >= 15 is 0 Å². The lowest BCUT2D eigenvalue weighted by Gasteiger charge is -2.32. The number of likely N-dealkylation sites (N-methyl/N-ethyl adjacent to an activating group) is 1. The van der Waals surface area contributed by atoms with Gasteiger partial charge in [0.25, 0.3) is 0 Å². The number of Topliss-reactive ketones (excluding diaryl/α,β-unsaturated/α-hetero) is 1. The van der Waals surface area contributed by atoms with E-state index in [-0.39, 0.29) is 48.9 Å². The molecule has 1 fully saturated rings. The summed E-state index contributed by atoms with van der Waals surface area (Å²) in [4.78, 5) is 52.0. The summed E-state index contributed by atoms with van der Waals surface area (Å²) in [6, 6.07) is 3.30. The molecule has 1 saturated heterocycles. The van der Waals surface area contributed by atoms with Crippen LogP contribution in [0.5, 0.6) is 0 Å². The molecule has 1 aliphatic rings. The monoisotopic (exact) mass is 428 g/mol. The molecule has 0 unspecified atom stereocenters. The van der Waals surface area contributed by atoms with Crippen molar-refractivity contribution in [2.45, 2.75) is 32.6 Å². The highest BCUT2D eigenvalue weighted by molar-refractivity contribution is 7.18. The van der Waals surface area contributed by atoms with Crippen molar-refractivity contribution in [1.29, 1.82) is 0 Å². The first kappa shape index (κ1) is 22.4. The fourth-order valence-electron chi connectivity index (χ4n) is 3.01. The normalized spacial score (nSPS) is 14.6. The maximum absolute atomic E-state index is 12.4. The van der Waals surface area contributed by atoms with Crippen LogP contribution in [-0.4, -0.2) is 66.7 Å². The van der Waals surface area contributed by atoms with Gasteiger partial charge in [-0.25, -0.2) is 0 Å². The number of ether oxygens (including phenoxy) is 1. The van der Waals surface area contributed by atoms with Gasteiger partial charge in [0.1, 0.15) is 0 Å². The van der Waals surface area contributed by atoms with Gasteiger partial charge >= 0.3 is 5.97 Å². The van der Waals surface area contributed by atoms with Crippen LogP contribution in [0.4, 0.5) is 0 Å². The number of thiophene rings is 1. The van der Waals surface area contributed by atoms with Gasteiger partial charge in [-0.1, -0.05) is 11.6 Å². The quantitative estimate of drug-likeness (QED) is 0.469. The number of ketones is 1. The summed E-state index contributed by atoms with van der Waals surface area (Å²) < 4.78 is 5.55. The standard InChI is InChI=1S/C19H25ClN2O5S/c1-3-27-19(26)13-8-10-22(11-9-13)18(25)12-21(2)17(24)7-4-14(23)15-5-6-16(20)28-15/h5-6,13H,3-4,7-12H2,1-2H3. The molecule has 154 valence electrons. The molecule has 0 radical (unpaired) electrons. The van der Waals surface area contributed by atoms with Crippen molar-refractivity contribution in [3.8, 4) is 0 Å². The Morgan fingerprint density at radius 2 is 1.89 bits per heavy atom. The van der Waals surface area contributed by atoms with Gasteiger partial charge in [-0.2, -0.15) is 0 Å². The highest BCUT2D eigenvalue weighted by Gasteiger charge is 2.29. The lowest BCUT2D eigenvalue weighted by Crippen LogP contribution is -2.45. The van der Waals surface area contributed by atoms with Crippen LogP contribution in [0.15, 0.2) is 12.1 Å². The number of halogens is 1. The summed E-state index contributed by atoms with van der Waals surface area (Å²) in [6.07, 6.45) is 1.27. The van der Waals surface area contributed by atoms with Crippen molar-refractivity contribution >= 4 is 46.5 Å². The number of nitrogens with zero attached hydrogens (tertiary/aromatic N) is 2. The zero-order valence-electron chi connectivity index (χ0n) is 16.1. The average Bonchev–Trinajstić information content (AvgIpc) is 3.12. The first-order valence-electron chi connectivity index (χ1n) is 9.28. The van der Waals surface area contributed by atoms with E-state index in [0.717, 1.165) is 0 Å². The van der Waals surface area contributed by atoms with E-state index in [1.165, 1.54) is 16.2 Å². The minimum absolute atomic E-state index is 0.0398. The Hall–Kier alpha value is -1.93. The molecular weight excluding hydrogens is 404 g/mol. The van der Waals surface area contributed by atoms with Crippen LogP contribution in [-0.2, 0) is 19.1 Å². The van der Waals surface area contributed by atoms with Gasteiger partial charge in [0.2, 0.25) is 11.8 Å². The van der Waals surface area contributed by atoms with Crippen molar-refractivity contribution < 1.29 is 23.9 Å². The first-order chi connectivity index (χ1) is 13.3. The maximum atomic E-state index is 12.4. The number of amides is 2. The van der Waals surface area contributed by atoms with Crippen LogP contribution >= 0.6 is 22.9 Å². The predicted octanol–water partition coefficient (Wildman–Crippen LogP) is 2.62. The molecule has 0 spiro atoms. The third kappa shape index (κ3) is 6.31. The summed E-state index contributed by atoms with van der Waals surface area (Å²) in [7, 11) is 1.55. The van der Waals surface area contributed by atoms with E-state index in [9.17, 15) is 19.2 Å². The molecule has 0 saturated carbocycles. The number of rotatable bonds is 8. The Kier molecular flexibility index (Phi) is 8.44. The number of esters is 1. The Bertz CT molecular complexity index is 728. The molecule has 1 aromatic rings. The van der Waals surface area contributed by atoms with E-state index < -0.39 is 0 Å². The van der Waals surface area contributed by atoms with E-state index in [2.05, 4.69) is 0 Å². The van der Waals surface area contributed by atoms with E-state index in [4.69, 9.17) is 16.3 Å². The van der Waals surface area contributed by atoms with Gasteiger partial charge in [0.05, 0.1) is 28.3 Å². The second kappa shape index (κ2) is 10.6. The Balaban J connectivity index is 1.73. The minimum Gasteiger partial charge on any atom is -0.466 e. The predicted molar refractivity (Wildman–Crippen MR) is 106 cm³/mol. The van der Waals surface area contributed by atoms with E-state index in [1.807, 2.05) is 0 Å². The lowest BCUT2D eigenvalue weighted by atomic mass is 9.97. The van der Waals surface area contributed by atoms with Crippen LogP contribution in [0, 0.1) is 5.92 Å². The van der Waals surface area contributed by atoms with Crippen molar-refractivity contribution in [3.63, 3.8) is 0 Å². The summed E-state index contributed by atoms with van der Waals surface area (Å²) in [5.74, 6) is -0.926. The van der Waals surface area contributed by atoms with Gasteiger partial charge < -0.3 is 14.5 Å². The fraction of sp³-hybridized carbons (Fsp3) is 0.579. The number of carbonyl (C=O) groups is 4. The molecule has 2 rings (SSSR count). The number of hydrogen-bond acceptors (Lipinski definition) is 6. The molecule has 1 aliphatic heterocycles. The molecule has 2 amide bonds. The maximum Gasteiger partial charge on any atom is 0.309 e. The van der Waals surface area contributed by atoms with Crippen LogP contribution in [0.3, 0.4) is 0 Å². The molecule has 2 heterocycles. The summed E-state index contributed by atoms with van der Waals surface area (Å²) in [5, 5.41) is 0. The van der Waals surface area contributed by atoms with Gasteiger partial charge in [-0.05, 0) is 31.9 Å². The topological polar surface area (TPSA) is 84.0 Å². The Labute approximate surface area is 173 Å². The SMILES string of the molecule is CCOC(=O)C1CCN(C(=O)CN(C)C(=O)CCC(=O)c2ccc(Cl)s2)CC1. The van der Waals surface area contributed by atoms with Crippen LogP contribution in [0.1, 0.15) is 42.3 Å². The van der Waals surface area contributed by atoms with Crippen molar-refractivity contribution in [2.24, 2.45) is 5.92 Å². The molecule has 28 heavy (non-hydrogen) atoms. The molecule has 0 aliphatic carbocycles. The molecule has 9 heteroatoms. The smallest absolute Gasteiger partial charge is 0.309 e. The van der Waals surface area contributed by atoms with Gasteiger partial charge in [-0.3, -0.25) is 19.2 Å². The van der Waals surface area contributed by atoms with Gasteiger partial charge in [-0.15, -0.1) is 11.3 Å². The molecule has 0 bridgehead atoms. The average molecular weight is 429 g/mol. The number of carbonyl (C=O) groups excluding carboxylic acids is 4. The lowest BCUT2D eigenvalue weighted by molar-refractivity contribution is -0.151. The third-order valence-corrected chi connectivity index (χ3v) is 5.95. The van der Waals surface area contributed by atoms with Crippen molar-refractivity contribution in [2.75, 3.05) is 33.3 Å². The third-order valence-electron chi connectivity index (χ3n) is 4.68. The number of piperidine rings is 1. The summed E-state index contributed by atoms with van der Waals surface area (Å²) in [5.41, 5.74) is 0. The second-order valence-corrected chi connectivity index (χ2v) is 8.40. The summed E-state index contributed by atoms with van der Waals surface area (Å²) >= 11 is 7.00. The molecule has 0 aromatic carbocycles. The van der Waals surface area contributed by atoms with Crippen LogP contribution in [0.2, 0.25) is 4.34 Å². The molecule has 1 aromatic heterocycles. The highest BCUT2D eigenvalue weighted by atomic mass is 35.5. The van der Waals surface area contributed by atoms with Crippen molar-refractivity contribution in [1.82, 2.24) is 9.80 Å². The molecule has 0 atom stereocenters. The zero-order valence-corrected chi connectivity index (χ0v) is 17.7. The Morgan fingerprint density at radius 1 is 1.21 bits per heavy atom. The molecular formula is C19H25ClN2O5S. The Morgan fingerprint density at radius 3 is 2.46 bits per heavy atom. The first-order valence-corrected chi connectivity index (χ1v) is 10.5. The van der Waals surface area contributed by atoms with Crippen LogP contribution in [0.25, 0.3) is 0 Å². The van der Waals surface area contributed by atoms with Gasteiger partial charge in [0.15, 0.2) is 5.78 Å².